The van der Waals surface area contributed by atoms with E-state index in [4.69, 9.17) is 4.74 Å². The molecule has 3 aromatic carbocycles. The first-order chi connectivity index (χ1) is 14.5. The fourth-order valence-corrected chi connectivity index (χ4v) is 2.38. The van der Waals surface area contributed by atoms with Gasteiger partial charge in [-0.3, -0.25) is 9.59 Å². The van der Waals surface area contributed by atoms with E-state index < -0.39 is 17.6 Å². The Labute approximate surface area is 171 Å². The minimum atomic E-state index is -0.967. The summed E-state index contributed by atoms with van der Waals surface area (Å²) >= 11 is 0. The van der Waals surface area contributed by atoms with Crippen molar-refractivity contribution >= 4 is 23.7 Å². The number of ether oxygens (including phenoxy) is 1. The van der Waals surface area contributed by atoms with Gasteiger partial charge in [0.1, 0.15) is 24.0 Å². The molecule has 8 heteroatoms. The molecule has 0 spiro atoms. The van der Waals surface area contributed by atoms with Crippen molar-refractivity contribution in [3.63, 3.8) is 0 Å². The fourth-order valence-electron chi connectivity index (χ4n) is 2.38. The maximum atomic E-state index is 13.2. The Kier molecular flexibility index (Phi) is 6.83. The second-order valence-electron chi connectivity index (χ2n) is 6.15. The van der Waals surface area contributed by atoms with E-state index in [-0.39, 0.29) is 18.1 Å². The van der Waals surface area contributed by atoms with Crippen LogP contribution < -0.4 is 15.5 Å². The van der Waals surface area contributed by atoms with Crippen molar-refractivity contribution in [1.29, 1.82) is 0 Å². The maximum absolute atomic E-state index is 13.2. The Morgan fingerprint density at radius 1 is 0.900 bits per heavy atom. The van der Waals surface area contributed by atoms with Crippen molar-refractivity contribution in [2.75, 3.05) is 5.32 Å². The third-order valence-electron chi connectivity index (χ3n) is 3.86. The van der Waals surface area contributed by atoms with Gasteiger partial charge in [-0.1, -0.05) is 12.1 Å². The van der Waals surface area contributed by atoms with Crippen molar-refractivity contribution in [1.82, 2.24) is 5.43 Å². The number of nitrogens with one attached hydrogen (secondary N) is 2. The molecule has 2 amide bonds. The van der Waals surface area contributed by atoms with Gasteiger partial charge in [-0.2, -0.15) is 5.10 Å². The molecule has 0 bridgehead atoms. The monoisotopic (exact) mass is 409 g/mol. The summed E-state index contributed by atoms with van der Waals surface area (Å²) in [7, 11) is 0. The molecule has 3 rings (SSSR count). The van der Waals surface area contributed by atoms with E-state index in [0.717, 1.165) is 12.1 Å². The van der Waals surface area contributed by atoms with Crippen molar-refractivity contribution < 1.29 is 23.1 Å². The number of anilines is 1. The molecule has 152 valence electrons. The average molecular weight is 409 g/mol. The highest BCUT2D eigenvalue weighted by atomic mass is 19.1. The lowest BCUT2D eigenvalue weighted by Gasteiger charge is -2.06. The van der Waals surface area contributed by atoms with Gasteiger partial charge in [0.2, 0.25) is 0 Å². The molecule has 6 nitrogen and oxygen atoms in total. The van der Waals surface area contributed by atoms with Gasteiger partial charge in [-0.15, -0.1) is 0 Å². The number of nitrogens with zero attached hydrogens (tertiary/aromatic N) is 1. The highest BCUT2D eigenvalue weighted by Crippen LogP contribution is 2.14. The largest absolute Gasteiger partial charge is 0.489 e. The average Bonchev–Trinajstić information content (AvgIpc) is 2.75. The minimum absolute atomic E-state index is 0.227. The predicted molar refractivity (Wildman–Crippen MR) is 108 cm³/mol. The van der Waals surface area contributed by atoms with Crippen LogP contribution in [-0.2, 0) is 16.2 Å². The van der Waals surface area contributed by atoms with Crippen LogP contribution in [0.2, 0.25) is 0 Å². The Balaban J connectivity index is 1.46. The van der Waals surface area contributed by atoms with E-state index >= 15 is 0 Å². The molecule has 0 saturated heterocycles. The van der Waals surface area contributed by atoms with Gasteiger partial charge >= 0.3 is 11.8 Å². The molecule has 0 aliphatic carbocycles. The van der Waals surface area contributed by atoms with E-state index in [0.29, 0.717) is 16.9 Å². The maximum Gasteiger partial charge on any atom is 0.329 e. The van der Waals surface area contributed by atoms with Crippen LogP contribution in [0.4, 0.5) is 14.5 Å². The van der Waals surface area contributed by atoms with Crippen LogP contribution >= 0.6 is 0 Å². The second kappa shape index (κ2) is 9.92. The molecular weight excluding hydrogens is 392 g/mol. The van der Waals surface area contributed by atoms with Crippen molar-refractivity contribution in [2.45, 2.75) is 6.61 Å². The fraction of sp³-hybridized carbons (Fsp3) is 0.0455. The number of hydrogen-bond donors (Lipinski definition) is 2. The van der Waals surface area contributed by atoms with Gasteiger partial charge in [-0.25, -0.2) is 14.2 Å². The van der Waals surface area contributed by atoms with Crippen molar-refractivity contribution in [2.24, 2.45) is 5.10 Å². The molecule has 3 aromatic rings. The van der Waals surface area contributed by atoms with E-state index in [2.05, 4.69) is 15.8 Å². The number of halogens is 2. The Bertz CT molecular complexity index is 1050. The highest BCUT2D eigenvalue weighted by Gasteiger charge is 2.12. The summed E-state index contributed by atoms with van der Waals surface area (Å²) in [5.41, 5.74) is 3.76. The zero-order valence-corrected chi connectivity index (χ0v) is 15.6. The molecule has 0 radical (unpaired) electrons. The van der Waals surface area contributed by atoms with Crippen LogP contribution in [0.15, 0.2) is 77.9 Å². The van der Waals surface area contributed by atoms with E-state index in [1.165, 1.54) is 30.5 Å². The van der Waals surface area contributed by atoms with Crippen LogP contribution in [0.3, 0.4) is 0 Å². The summed E-state index contributed by atoms with van der Waals surface area (Å²) in [5.74, 6) is -2.09. The van der Waals surface area contributed by atoms with Gasteiger partial charge in [-0.05, 0) is 71.8 Å². The third kappa shape index (κ3) is 6.23. The summed E-state index contributed by atoms with van der Waals surface area (Å²) < 4.78 is 31.6. The second-order valence-corrected chi connectivity index (χ2v) is 6.15. The third-order valence-corrected chi connectivity index (χ3v) is 3.86. The smallest absolute Gasteiger partial charge is 0.329 e. The molecule has 30 heavy (non-hydrogen) atoms. The minimum Gasteiger partial charge on any atom is -0.489 e. The zero-order chi connectivity index (χ0) is 21.3. The van der Waals surface area contributed by atoms with Crippen LogP contribution in [-0.4, -0.2) is 18.0 Å². The molecule has 0 aliphatic heterocycles. The van der Waals surface area contributed by atoms with Crippen LogP contribution in [0.5, 0.6) is 5.75 Å². The zero-order valence-electron chi connectivity index (χ0n) is 15.6. The van der Waals surface area contributed by atoms with Crippen molar-refractivity contribution in [3.8, 4) is 5.75 Å². The standard InChI is InChI=1S/C22H17F2N3O3/c23-17-6-8-19(9-7-17)26-21(28)22(29)27-25-13-15-4-10-20(11-5-15)30-14-16-2-1-3-18(24)12-16/h1-13H,14H2,(H,26,28)(H,27,29)/b25-13-. The molecule has 0 heterocycles. The summed E-state index contributed by atoms with van der Waals surface area (Å²) in [6, 6.07) is 17.9. The number of hydrogen-bond acceptors (Lipinski definition) is 4. The summed E-state index contributed by atoms with van der Waals surface area (Å²) in [6.07, 6.45) is 1.36. The van der Waals surface area contributed by atoms with Crippen LogP contribution in [0.25, 0.3) is 0 Å². The lowest BCUT2D eigenvalue weighted by Crippen LogP contribution is -2.32. The molecule has 0 unspecified atom stereocenters. The number of carbonyl (C=O) groups excluding carboxylic acids is 2. The normalized spacial score (nSPS) is 10.6. The molecule has 0 fully saturated rings. The number of hydrazone groups is 1. The van der Waals surface area contributed by atoms with Gasteiger partial charge in [0.05, 0.1) is 6.21 Å². The number of rotatable bonds is 6. The first-order valence-corrected chi connectivity index (χ1v) is 8.87. The topological polar surface area (TPSA) is 79.8 Å². The van der Waals surface area contributed by atoms with Crippen molar-refractivity contribution in [3.05, 3.63) is 95.6 Å². The molecule has 0 aliphatic rings. The van der Waals surface area contributed by atoms with E-state index in [9.17, 15) is 18.4 Å². The van der Waals surface area contributed by atoms with Crippen LogP contribution in [0.1, 0.15) is 11.1 Å². The first-order valence-electron chi connectivity index (χ1n) is 8.87. The number of benzene rings is 3. The molecule has 0 aromatic heterocycles. The lowest BCUT2D eigenvalue weighted by molar-refractivity contribution is -0.136. The van der Waals surface area contributed by atoms with Gasteiger partial charge < -0.3 is 10.1 Å². The van der Waals surface area contributed by atoms with Gasteiger partial charge in [0.25, 0.3) is 0 Å². The molecule has 0 saturated carbocycles. The molecule has 0 atom stereocenters. The summed E-state index contributed by atoms with van der Waals surface area (Å²) in [6.45, 7) is 0.227. The first kappa shape index (κ1) is 20.7. The quantitative estimate of drug-likeness (QED) is 0.371. The number of carbonyl (C=O) groups is 2. The molecular formula is C22H17F2N3O3. The Hall–Kier alpha value is -4.07. The summed E-state index contributed by atoms with van der Waals surface area (Å²) in [5, 5.41) is 6.05. The Morgan fingerprint density at radius 3 is 2.33 bits per heavy atom. The van der Waals surface area contributed by atoms with Gasteiger partial charge in [0.15, 0.2) is 0 Å². The van der Waals surface area contributed by atoms with Crippen LogP contribution in [0, 0.1) is 11.6 Å². The van der Waals surface area contributed by atoms with E-state index in [1.807, 2.05) is 0 Å². The Morgan fingerprint density at radius 2 is 1.63 bits per heavy atom. The lowest BCUT2D eigenvalue weighted by atomic mass is 10.2. The highest BCUT2D eigenvalue weighted by molar-refractivity contribution is 6.39. The van der Waals surface area contributed by atoms with E-state index in [1.54, 1.807) is 36.4 Å². The molecule has 2 N–H and O–H groups in total. The summed E-state index contributed by atoms with van der Waals surface area (Å²) in [4.78, 5) is 23.5. The SMILES string of the molecule is O=C(N/N=C\c1ccc(OCc2cccc(F)c2)cc1)C(=O)Nc1ccc(F)cc1. The predicted octanol–water partition coefficient (Wildman–Crippen LogP) is 3.63. The number of amides is 2. The van der Waals surface area contributed by atoms with Gasteiger partial charge in [0, 0.05) is 5.69 Å².